The van der Waals surface area contributed by atoms with Gasteiger partial charge >= 0.3 is 6.03 Å². The van der Waals surface area contributed by atoms with Gasteiger partial charge in [0.2, 0.25) is 5.91 Å². The minimum absolute atomic E-state index is 0.146. The second-order valence-electron chi connectivity index (χ2n) is 6.78. The third-order valence-electron chi connectivity index (χ3n) is 4.79. The average molecular weight is 385 g/mol. The van der Waals surface area contributed by atoms with Crippen molar-refractivity contribution in [3.63, 3.8) is 0 Å². The van der Waals surface area contributed by atoms with Gasteiger partial charge in [0.25, 0.3) is 5.91 Å². The number of hydrogen-bond acceptors (Lipinski definition) is 4. The van der Waals surface area contributed by atoms with E-state index in [4.69, 9.17) is 0 Å². The summed E-state index contributed by atoms with van der Waals surface area (Å²) in [6.45, 7) is 3.42. The number of nitrogens with one attached hydrogen (secondary N) is 2. The van der Waals surface area contributed by atoms with Crippen LogP contribution in [0.4, 0.5) is 4.79 Å². The fourth-order valence-electron chi connectivity index (χ4n) is 3.26. The topological polar surface area (TPSA) is 78.5 Å². The molecule has 1 aromatic heterocycles. The Bertz CT molecular complexity index is 822. The van der Waals surface area contributed by atoms with Crippen molar-refractivity contribution >= 4 is 29.2 Å². The van der Waals surface area contributed by atoms with E-state index in [2.05, 4.69) is 10.6 Å². The molecule has 2 heterocycles. The van der Waals surface area contributed by atoms with Gasteiger partial charge in [-0.2, -0.15) is 11.3 Å². The predicted molar refractivity (Wildman–Crippen MR) is 104 cm³/mol. The van der Waals surface area contributed by atoms with Crippen molar-refractivity contribution in [2.24, 2.45) is 0 Å². The van der Waals surface area contributed by atoms with E-state index in [0.29, 0.717) is 0 Å². The molecule has 1 aliphatic heterocycles. The van der Waals surface area contributed by atoms with Crippen LogP contribution in [0.25, 0.3) is 0 Å². The molecule has 0 bridgehead atoms. The zero-order valence-electron chi connectivity index (χ0n) is 15.4. The Hall–Kier alpha value is -2.67. The maximum Gasteiger partial charge on any atom is 0.325 e. The van der Waals surface area contributed by atoms with Gasteiger partial charge in [-0.3, -0.25) is 14.5 Å². The molecule has 1 aliphatic rings. The van der Waals surface area contributed by atoms with Crippen LogP contribution in [-0.2, 0) is 15.1 Å². The first-order valence-corrected chi connectivity index (χ1v) is 9.91. The molecule has 2 aromatic rings. The minimum Gasteiger partial charge on any atom is -0.348 e. The molecule has 4 amide bonds. The summed E-state index contributed by atoms with van der Waals surface area (Å²) in [6.07, 6.45) is 1.68. The Labute approximate surface area is 162 Å². The number of amides is 4. The summed E-state index contributed by atoms with van der Waals surface area (Å²) in [5, 5.41) is 9.35. The van der Waals surface area contributed by atoms with Gasteiger partial charge in [0, 0.05) is 0 Å². The lowest BCUT2D eigenvalue weighted by Crippen LogP contribution is -2.43. The lowest BCUT2D eigenvalue weighted by Gasteiger charge is -2.22. The summed E-state index contributed by atoms with van der Waals surface area (Å²) >= 11 is 1.45. The SMILES string of the molecule is CCCC(NC(=O)CN1C(=O)NC(C)(c2ccsc2)C1=O)c1ccccc1. The zero-order valence-corrected chi connectivity index (χ0v) is 16.2. The highest BCUT2D eigenvalue weighted by Gasteiger charge is 2.49. The highest BCUT2D eigenvalue weighted by molar-refractivity contribution is 7.08. The molecule has 2 atom stereocenters. The number of carbonyl (C=O) groups excluding carboxylic acids is 3. The summed E-state index contributed by atoms with van der Waals surface area (Å²) in [4.78, 5) is 38.7. The van der Waals surface area contributed by atoms with Gasteiger partial charge in [-0.05, 0) is 41.3 Å². The van der Waals surface area contributed by atoms with E-state index in [1.165, 1.54) is 11.3 Å². The summed E-state index contributed by atoms with van der Waals surface area (Å²) < 4.78 is 0. The monoisotopic (exact) mass is 385 g/mol. The Kier molecular flexibility index (Phi) is 5.60. The lowest BCUT2D eigenvalue weighted by molar-refractivity contribution is -0.135. The molecule has 2 N–H and O–H groups in total. The Morgan fingerprint density at radius 3 is 2.63 bits per heavy atom. The normalized spacial score (nSPS) is 20.4. The van der Waals surface area contributed by atoms with Crippen LogP contribution in [0.1, 0.15) is 43.9 Å². The molecular formula is C20H23N3O3S. The fourth-order valence-corrected chi connectivity index (χ4v) is 4.03. The minimum atomic E-state index is -1.13. The summed E-state index contributed by atoms with van der Waals surface area (Å²) in [7, 11) is 0. The number of thiophene rings is 1. The van der Waals surface area contributed by atoms with Crippen LogP contribution >= 0.6 is 11.3 Å². The van der Waals surface area contributed by atoms with Crippen molar-refractivity contribution in [1.29, 1.82) is 0 Å². The Morgan fingerprint density at radius 1 is 1.26 bits per heavy atom. The van der Waals surface area contributed by atoms with E-state index in [1.807, 2.05) is 48.0 Å². The van der Waals surface area contributed by atoms with E-state index in [-0.39, 0.29) is 18.5 Å². The summed E-state index contributed by atoms with van der Waals surface area (Å²) in [5.41, 5.74) is 0.606. The Morgan fingerprint density at radius 2 is 2.00 bits per heavy atom. The summed E-state index contributed by atoms with van der Waals surface area (Å²) in [5.74, 6) is -0.761. The molecule has 1 aromatic carbocycles. The number of urea groups is 1. The molecule has 0 spiro atoms. The largest absolute Gasteiger partial charge is 0.348 e. The van der Waals surface area contributed by atoms with Gasteiger partial charge < -0.3 is 10.6 Å². The molecule has 1 fully saturated rings. The first kappa shape index (κ1) is 19.1. The van der Waals surface area contributed by atoms with Gasteiger partial charge in [-0.1, -0.05) is 43.7 Å². The van der Waals surface area contributed by atoms with E-state index >= 15 is 0 Å². The van der Waals surface area contributed by atoms with Crippen molar-refractivity contribution < 1.29 is 14.4 Å². The molecule has 7 heteroatoms. The highest BCUT2D eigenvalue weighted by Crippen LogP contribution is 2.30. The van der Waals surface area contributed by atoms with Crippen LogP contribution in [0.5, 0.6) is 0 Å². The maximum absolute atomic E-state index is 12.8. The zero-order chi connectivity index (χ0) is 19.4. The molecule has 3 rings (SSSR count). The standard InChI is InChI=1S/C20H23N3O3S/c1-3-7-16(14-8-5-4-6-9-14)21-17(24)12-23-18(25)20(2,22-19(23)26)15-10-11-27-13-15/h4-6,8-11,13,16H,3,7,12H2,1-2H3,(H,21,24)(H,22,26). The number of nitrogens with zero attached hydrogens (tertiary/aromatic N) is 1. The van der Waals surface area contributed by atoms with Crippen LogP contribution in [0, 0.1) is 0 Å². The Balaban J connectivity index is 1.70. The molecule has 27 heavy (non-hydrogen) atoms. The first-order valence-electron chi connectivity index (χ1n) is 8.96. The fraction of sp³-hybridized carbons (Fsp3) is 0.350. The van der Waals surface area contributed by atoms with Crippen LogP contribution in [0.15, 0.2) is 47.2 Å². The third-order valence-corrected chi connectivity index (χ3v) is 5.47. The van der Waals surface area contributed by atoms with Crippen molar-refractivity contribution in [3.05, 3.63) is 58.3 Å². The van der Waals surface area contributed by atoms with E-state index < -0.39 is 17.5 Å². The predicted octanol–water partition coefficient (Wildman–Crippen LogP) is 3.17. The number of rotatable bonds is 7. The second kappa shape index (κ2) is 7.92. The van der Waals surface area contributed by atoms with E-state index in [9.17, 15) is 14.4 Å². The van der Waals surface area contributed by atoms with Gasteiger partial charge in [-0.15, -0.1) is 0 Å². The third kappa shape index (κ3) is 3.88. The molecule has 0 radical (unpaired) electrons. The maximum atomic E-state index is 12.8. The highest BCUT2D eigenvalue weighted by atomic mass is 32.1. The van der Waals surface area contributed by atoms with Crippen LogP contribution in [0.2, 0.25) is 0 Å². The quantitative estimate of drug-likeness (QED) is 0.719. The number of benzene rings is 1. The molecular weight excluding hydrogens is 362 g/mol. The number of carbonyl (C=O) groups is 3. The molecule has 6 nitrogen and oxygen atoms in total. The molecule has 142 valence electrons. The molecule has 2 unspecified atom stereocenters. The van der Waals surface area contributed by atoms with Gasteiger partial charge in [0.1, 0.15) is 12.1 Å². The summed E-state index contributed by atoms with van der Waals surface area (Å²) in [6, 6.07) is 10.8. The molecule has 0 saturated carbocycles. The number of imide groups is 1. The van der Waals surface area contributed by atoms with Crippen molar-refractivity contribution in [1.82, 2.24) is 15.5 Å². The lowest BCUT2D eigenvalue weighted by atomic mass is 9.95. The van der Waals surface area contributed by atoms with Crippen LogP contribution < -0.4 is 10.6 Å². The van der Waals surface area contributed by atoms with Crippen molar-refractivity contribution in [2.45, 2.75) is 38.3 Å². The van der Waals surface area contributed by atoms with Crippen molar-refractivity contribution in [3.8, 4) is 0 Å². The van der Waals surface area contributed by atoms with Gasteiger partial charge in [-0.25, -0.2) is 4.79 Å². The van der Waals surface area contributed by atoms with Gasteiger partial charge in [0.05, 0.1) is 6.04 Å². The van der Waals surface area contributed by atoms with Crippen LogP contribution in [-0.4, -0.2) is 29.3 Å². The van der Waals surface area contributed by atoms with E-state index in [0.717, 1.165) is 28.9 Å². The second-order valence-corrected chi connectivity index (χ2v) is 7.56. The molecule has 0 aliphatic carbocycles. The van der Waals surface area contributed by atoms with E-state index in [1.54, 1.807) is 13.0 Å². The molecule has 1 saturated heterocycles. The first-order chi connectivity index (χ1) is 13.0. The van der Waals surface area contributed by atoms with Crippen LogP contribution in [0.3, 0.4) is 0 Å². The van der Waals surface area contributed by atoms with Crippen molar-refractivity contribution in [2.75, 3.05) is 6.54 Å². The smallest absolute Gasteiger partial charge is 0.325 e. The number of hydrogen-bond donors (Lipinski definition) is 2. The van der Waals surface area contributed by atoms with Gasteiger partial charge in [0.15, 0.2) is 0 Å². The average Bonchev–Trinajstić information content (AvgIpc) is 3.27.